The predicted molar refractivity (Wildman–Crippen MR) is 53.9 cm³/mol. The minimum Gasteiger partial charge on any atom is -0.465 e. The lowest BCUT2D eigenvalue weighted by Crippen LogP contribution is -2.43. The van der Waals surface area contributed by atoms with Crippen molar-refractivity contribution in [3.63, 3.8) is 0 Å². The van der Waals surface area contributed by atoms with E-state index in [-0.39, 0.29) is 6.61 Å². The smallest absolute Gasteiger partial charge is 0.357 e. The van der Waals surface area contributed by atoms with Gasteiger partial charge in [-0.2, -0.15) is 0 Å². The molecule has 2 rings (SSSR count). The second-order valence-corrected chi connectivity index (χ2v) is 3.11. The number of carbonyl (C=O) groups excluding carboxylic acids is 2. The first-order valence-electron chi connectivity index (χ1n) is 4.80. The molecule has 1 aromatic rings. The van der Waals surface area contributed by atoms with Gasteiger partial charge in [-0.3, -0.25) is 9.78 Å². The van der Waals surface area contributed by atoms with Crippen molar-refractivity contribution in [1.29, 1.82) is 0 Å². The van der Waals surface area contributed by atoms with Crippen molar-refractivity contribution < 1.29 is 19.1 Å². The van der Waals surface area contributed by atoms with E-state index in [4.69, 9.17) is 9.47 Å². The van der Waals surface area contributed by atoms with Crippen LogP contribution in [-0.4, -0.2) is 29.6 Å². The SMILES string of the molecule is CCOC(=O)C1Oc2cnccc2NC1=O. The van der Waals surface area contributed by atoms with E-state index in [1.165, 1.54) is 12.4 Å². The first-order valence-corrected chi connectivity index (χ1v) is 4.80. The van der Waals surface area contributed by atoms with E-state index in [1.54, 1.807) is 13.0 Å². The fourth-order valence-corrected chi connectivity index (χ4v) is 1.33. The van der Waals surface area contributed by atoms with E-state index < -0.39 is 18.0 Å². The van der Waals surface area contributed by atoms with Gasteiger partial charge in [0.2, 0.25) is 0 Å². The molecule has 1 N–H and O–H groups in total. The van der Waals surface area contributed by atoms with Gasteiger partial charge in [0.05, 0.1) is 18.5 Å². The van der Waals surface area contributed by atoms with Gasteiger partial charge in [-0.15, -0.1) is 0 Å². The Bertz CT molecular complexity index is 433. The van der Waals surface area contributed by atoms with E-state index in [9.17, 15) is 9.59 Å². The maximum absolute atomic E-state index is 11.5. The molecule has 0 saturated heterocycles. The molecule has 0 spiro atoms. The first-order chi connectivity index (χ1) is 7.72. The third-order valence-electron chi connectivity index (χ3n) is 2.03. The summed E-state index contributed by atoms with van der Waals surface area (Å²) in [6.45, 7) is 1.86. The summed E-state index contributed by atoms with van der Waals surface area (Å²) in [7, 11) is 0. The Morgan fingerprint density at radius 1 is 1.69 bits per heavy atom. The molecule has 0 bridgehead atoms. The highest BCUT2D eigenvalue weighted by molar-refractivity contribution is 6.09. The van der Waals surface area contributed by atoms with Gasteiger partial charge < -0.3 is 14.8 Å². The molecule has 0 aliphatic carbocycles. The summed E-state index contributed by atoms with van der Waals surface area (Å²) in [4.78, 5) is 26.7. The van der Waals surface area contributed by atoms with Gasteiger partial charge in [0.1, 0.15) is 0 Å². The minimum atomic E-state index is -1.25. The number of hydrogen-bond donors (Lipinski definition) is 1. The molecule has 1 amide bonds. The standard InChI is InChI=1S/C10H10N2O4/c1-2-15-10(14)8-9(13)12-6-3-4-11-5-7(6)16-8/h3-5,8H,2H2,1H3,(H,12,13). The lowest BCUT2D eigenvalue weighted by atomic mass is 10.2. The molecule has 84 valence electrons. The zero-order valence-electron chi connectivity index (χ0n) is 8.60. The Balaban J connectivity index is 2.21. The number of aromatic nitrogens is 1. The van der Waals surface area contributed by atoms with E-state index in [1.807, 2.05) is 0 Å². The Morgan fingerprint density at radius 2 is 2.50 bits per heavy atom. The van der Waals surface area contributed by atoms with E-state index >= 15 is 0 Å². The van der Waals surface area contributed by atoms with Gasteiger partial charge in [0, 0.05) is 6.20 Å². The molecule has 1 unspecified atom stereocenters. The molecule has 16 heavy (non-hydrogen) atoms. The number of hydrogen-bond acceptors (Lipinski definition) is 5. The molecule has 2 heterocycles. The van der Waals surface area contributed by atoms with Crippen LogP contribution in [0.2, 0.25) is 0 Å². The van der Waals surface area contributed by atoms with Crippen molar-refractivity contribution in [2.75, 3.05) is 11.9 Å². The van der Waals surface area contributed by atoms with Crippen LogP contribution in [0.5, 0.6) is 5.75 Å². The highest BCUT2D eigenvalue weighted by Crippen LogP contribution is 2.27. The molecule has 0 fully saturated rings. The minimum absolute atomic E-state index is 0.200. The summed E-state index contributed by atoms with van der Waals surface area (Å²) in [6, 6.07) is 1.59. The molecule has 6 nitrogen and oxygen atoms in total. The molecular formula is C10H10N2O4. The van der Waals surface area contributed by atoms with Crippen LogP contribution in [0.4, 0.5) is 5.69 Å². The van der Waals surface area contributed by atoms with Crippen LogP contribution in [0.1, 0.15) is 6.92 Å². The molecule has 0 radical (unpaired) electrons. The molecule has 1 aromatic heterocycles. The number of nitrogens with one attached hydrogen (secondary N) is 1. The molecular weight excluding hydrogens is 212 g/mol. The topological polar surface area (TPSA) is 77.5 Å². The van der Waals surface area contributed by atoms with Crippen molar-refractivity contribution in [2.45, 2.75) is 13.0 Å². The number of ether oxygens (including phenoxy) is 2. The third kappa shape index (κ3) is 1.81. The predicted octanol–water partition coefficient (Wildman–Crippen LogP) is 0.344. The Hall–Kier alpha value is -2.11. The number of nitrogens with zero attached hydrogens (tertiary/aromatic N) is 1. The average Bonchev–Trinajstić information content (AvgIpc) is 2.28. The van der Waals surface area contributed by atoms with Crippen molar-refractivity contribution in [1.82, 2.24) is 4.98 Å². The fourth-order valence-electron chi connectivity index (χ4n) is 1.33. The third-order valence-corrected chi connectivity index (χ3v) is 2.03. The van der Waals surface area contributed by atoms with Gasteiger partial charge in [-0.25, -0.2) is 4.79 Å². The Morgan fingerprint density at radius 3 is 3.25 bits per heavy atom. The summed E-state index contributed by atoms with van der Waals surface area (Å²) in [5.41, 5.74) is 0.501. The maximum Gasteiger partial charge on any atom is 0.357 e. The number of rotatable bonds is 2. The average molecular weight is 222 g/mol. The zero-order valence-corrected chi connectivity index (χ0v) is 8.60. The van der Waals surface area contributed by atoms with Gasteiger partial charge in [-0.05, 0) is 13.0 Å². The van der Waals surface area contributed by atoms with E-state index in [0.717, 1.165) is 0 Å². The lowest BCUT2D eigenvalue weighted by Gasteiger charge is -2.23. The highest BCUT2D eigenvalue weighted by Gasteiger charge is 2.35. The van der Waals surface area contributed by atoms with Crippen molar-refractivity contribution >= 4 is 17.6 Å². The normalized spacial score (nSPS) is 18.1. The number of amides is 1. The number of carbonyl (C=O) groups is 2. The van der Waals surface area contributed by atoms with Gasteiger partial charge in [-0.1, -0.05) is 0 Å². The van der Waals surface area contributed by atoms with Crippen molar-refractivity contribution in [3.8, 4) is 5.75 Å². The van der Waals surface area contributed by atoms with E-state index in [2.05, 4.69) is 10.3 Å². The van der Waals surface area contributed by atoms with Crippen LogP contribution in [0.25, 0.3) is 0 Å². The fraction of sp³-hybridized carbons (Fsp3) is 0.300. The summed E-state index contributed by atoms with van der Waals surface area (Å²) >= 11 is 0. The van der Waals surface area contributed by atoms with Gasteiger partial charge in [0.25, 0.3) is 12.0 Å². The molecule has 0 saturated carbocycles. The lowest BCUT2D eigenvalue weighted by molar-refractivity contribution is -0.155. The summed E-state index contributed by atoms with van der Waals surface area (Å²) < 4.78 is 9.93. The zero-order chi connectivity index (χ0) is 11.5. The van der Waals surface area contributed by atoms with Crippen LogP contribution in [0.3, 0.4) is 0 Å². The number of esters is 1. The molecule has 1 aliphatic rings. The van der Waals surface area contributed by atoms with Crippen LogP contribution < -0.4 is 10.1 Å². The van der Waals surface area contributed by atoms with Gasteiger partial charge >= 0.3 is 5.97 Å². The number of fused-ring (bicyclic) bond motifs is 1. The summed E-state index contributed by atoms with van der Waals surface area (Å²) in [6.07, 6.45) is 1.70. The monoisotopic (exact) mass is 222 g/mol. The summed E-state index contributed by atoms with van der Waals surface area (Å²) in [5.74, 6) is -0.869. The quantitative estimate of drug-likeness (QED) is 0.576. The van der Waals surface area contributed by atoms with Crippen LogP contribution >= 0.6 is 0 Å². The highest BCUT2D eigenvalue weighted by atomic mass is 16.6. The van der Waals surface area contributed by atoms with Crippen molar-refractivity contribution in [2.24, 2.45) is 0 Å². The molecule has 6 heteroatoms. The molecule has 1 aliphatic heterocycles. The van der Waals surface area contributed by atoms with E-state index in [0.29, 0.717) is 11.4 Å². The Labute approximate surface area is 91.6 Å². The van der Waals surface area contributed by atoms with Crippen molar-refractivity contribution in [3.05, 3.63) is 18.5 Å². The second-order valence-electron chi connectivity index (χ2n) is 3.11. The maximum atomic E-state index is 11.5. The molecule has 0 aromatic carbocycles. The second kappa shape index (κ2) is 4.18. The first kappa shape index (κ1) is 10.4. The summed E-state index contributed by atoms with van der Waals surface area (Å²) in [5, 5.41) is 2.54. The Kier molecular flexibility index (Phi) is 2.72. The van der Waals surface area contributed by atoms with Gasteiger partial charge in [0.15, 0.2) is 5.75 Å². The number of pyridine rings is 1. The van der Waals surface area contributed by atoms with Crippen LogP contribution in [0.15, 0.2) is 18.5 Å². The largest absolute Gasteiger partial charge is 0.465 e. The van der Waals surface area contributed by atoms with Crippen LogP contribution in [-0.2, 0) is 14.3 Å². The van der Waals surface area contributed by atoms with Crippen LogP contribution in [0, 0.1) is 0 Å². The molecule has 1 atom stereocenters. The number of anilines is 1.